The van der Waals surface area contributed by atoms with Crippen LogP contribution < -0.4 is 5.32 Å². The third kappa shape index (κ3) is 3.17. The lowest BCUT2D eigenvalue weighted by molar-refractivity contribution is -0.116. The lowest BCUT2D eigenvalue weighted by Crippen LogP contribution is -2.12. The zero-order valence-corrected chi connectivity index (χ0v) is 11.2. The van der Waals surface area contributed by atoms with E-state index >= 15 is 0 Å². The Morgan fingerprint density at radius 1 is 1.29 bits per heavy atom. The van der Waals surface area contributed by atoms with Crippen LogP contribution in [0.25, 0.3) is 11.2 Å². The van der Waals surface area contributed by atoms with Crippen LogP contribution in [0.2, 0.25) is 0 Å². The summed E-state index contributed by atoms with van der Waals surface area (Å²) in [5.74, 6) is 0.722. The van der Waals surface area contributed by atoms with Crippen LogP contribution in [0.15, 0.2) is 42.6 Å². The molecule has 21 heavy (non-hydrogen) atoms. The summed E-state index contributed by atoms with van der Waals surface area (Å²) in [4.78, 5) is 23.4. The largest absolute Gasteiger partial charge is 0.508 e. The highest BCUT2D eigenvalue weighted by atomic mass is 16.3. The first-order valence-electron chi connectivity index (χ1n) is 6.59. The molecule has 3 N–H and O–H groups in total. The van der Waals surface area contributed by atoms with Gasteiger partial charge in [0.1, 0.15) is 11.6 Å². The van der Waals surface area contributed by atoms with Crippen LogP contribution in [-0.2, 0) is 11.2 Å². The molecule has 106 valence electrons. The Labute approximate surface area is 120 Å². The predicted molar refractivity (Wildman–Crippen MR) is 78.9 cm³/mol. The van der Waals surface area contributed by atoms with Gasteiger partial charge in [0.15, 0.2) is 5.65 Å². The summed E-state index contributed by atoms with van der Waals surface area (Å²) < 4.78 is 0. The van der Waals surface area contributed by atoms with E-state index in [0.29, 0.717) is 24.2 Å². The van der Waals surface area contributed by atoms with Crippen LogP contribution in [0, 0.1) is 0 Å². The number of rotatable bonds is 4. The first-order chi connectivity index (χ1) is 10.2. The third-order valence-corrected chi connectivity index (χ3v) is 3.03. The number of amides is 1. The van der Waals surface area contributed by atoms with Gasteiger partial charge in [-0.05, 0) is 24.3 Å². The molecule has 0 saturated heterocycles. The number of nitrogens with zero attached hydrogens (tertiary/aromatic N) is 2. The van der Waals surface area contributed by atoms with E-state index in [1.807, 2.05) is 12.1 Å². The molecule has 1 aromatic carbocycles. The molecule has 0 bridgehead atoms. The van der Waals surface area contributed by atoms with Gasteiger partial charge < -0.3 is 15.4 Å². The summed E-state index contributed by atoms with van der Waals surface area (Å²) in [7, 11) is 0. The van der Waals surface area contributed by atoms with Crippen molar-refractivity contribution in [1.82, 2.24) is 15.0 Å². The SMILES string of the molecule is O=C(CCc1nc2ncccc2[nH]1)Nc1cccc(O)c1. The number of phenolic OH excluding ortho intramolecular Hbond substituents is 1. The van der Waals surface area contributed by atoms with Gasteiger partial charge in [-0.2, -0.15) is 0 Å². The molecule has 2 aromatic heterocycles. The number of phenols is 1. The zero-order chi connectivity index (χ0) is 14.7. The van der Waals surface area contributed by atoms with Gasteiger partial charge in [-0.15, -0.1) is 0 Å². The van der Waals surface area contributed by atoms with E-state index in [4.69, 9.17) is 0 Å². The van der Waals surface area contributed by atoms with E-state index in [1.54, 1.807) is 24.4 Å². The summed E-state index contributed by atoms with van der Waals surface area (Å²) in [6.07, 6.45) is 2.48. The van der Waals surface area contributed by atoms with Crippen LogP contribution >= 0.6 is 0 Å². The number of carbonyl (C=O) groups is 1. The van der Waals surface area contributed by atoms with Gasteiger partial charge in [-0.3, -0.25) is 4.79 Å². The highest BCUT2D eigenvalue weighted by molar-refractivity contribution is 5.91. The minimum absolute atomic E-state index is 0.121. The average molecular weight is 282 g/mol. The zero-order valence-electron chi connectivity index (χ0n) is 11.2. The number of imidazole rings is 1. The molecule has 3 rings (SSSR count). The second kappa shape index (κ2) is 5.62. The van der Waals surface area contributed by atoms with E-state index in [-0.39, 0.29) is 11.7 Å². The van der Waals surface area contributed by atoms with E-state index < -0.39 is 0 Å². The molecule has 0 spiro atoms. The van der Waals surface area contributed by atoms with Gasteiger partial charge in [-0.25, -0.2) is 9.97 Å². The maximum Gasteiger partial charge on any atom is 0.224 e. The monoisotopic (exact) mass is 282 g/mol. The molecule has 1 amide bonds. The summed E-state index contributed by atoms with van der Waals surface area (Å²) >= 11 is 0. The molecule has 0 aliphatic heterocycles. The predicted octanol–water partition coefficient (Wildman–Crippen LogP) is 2.23. The van der Waals surface area contributed by atoms with Gasteiger partial charge in [0, 0.05) is 30.8 Å². The fourth-order valence-electron chi connectivity index (χ4n) is 2.05. The molecule has 0 aliphatic rings. The van der Waals surface area contributed by atoms with Gasteiger partial charge in [0.2, 0.25) is 5.91 Å². The molecule has 0 atom stereocenters. The average Bonchev–Trinajstić information content (AvgIpc) is 2.88. The number of nitrogens with one attached hydrogen (secondary N) is 2. The molecule has 0 radical (unpaired) electrons. The number of hydrogen-bond acceptors (Lipinski definition) is 4. The molecule has 6 nitrogen and oxygen atoms in total. The van der Waals surface area contributed by atoms with Crippen molar-refractivity contribution in [2.45, 2.75) is 12.8 Å². The molecule has 3 aromatic rings. The molecule has 0 unspecified atom stereocenters. The Kier molecular flexibility index (Phi) is 3.51. The Bertz CT molecular complexity index is 749. The molecule has 2 heterocycles. The third-order valence-electron chi connectivity index (χ3n) is 3.03. The van der Waals surface area contributed by atoms with Gasteiger partial charge in [0.25, 0.3) is 0 Å². The molecular formula is C15H14N4O2. The smallest absolute Gasteiger partial charge is 0.224 e. The lowest BCUT2D eigenvalue weighted by atomic mass is 10.2. The van der Waals surface area contributed by atoms with E-state index in [2.05, 4.69) is 20.3 Å². The molecule has 6 heteroatoms. The van der Waals surface area contributed by atoms with Crippen molar-refractivity contribution in [3.8, 4) is 5.75 Å². The number of aromatic hydroxyl groups is 1. The number of pyridine rings is 1. The highest BCUT2D eigenvalue weighted by Gasteiger charge is 2.07. The van der Waals surface area contributed by atoms with Crippen molar-refractivity contribution in [2.24, 2.45) is 0 Å². The van der Waals surface area contributed by atoms with Crippen molar-refractivity contribution < 1.29 is 9.90 Å². The minimum atomic E-state index is -0.131. The van der Waals surface area contributed by atoms with Crippen LogP contribution in [0.5, 0.6) is 5.75 Å². The number of H-pyrrole nitrogens is 1. The topological polar surface area (TPSA) is 90.9 Å². The Morgan fingerprint density at radius 2 is 2.19 bits per heavy atom. The van der Waals surface area contributed by atoms with Crippen LogP contribution in [0.3, 0.4) is 0 Å². The second-order valence-corrected chi connectivity index (χ2v) is 4.66. The maximum atomic E-state index is 11.9. The van der Waals surface area contributed by atoms with Gasteiger partial charge >= 0.3 is 0 Å². The van der Waals surface area contributed by atoms with E-state index in [9.17, 15) is 9.90 Å². The van der Waals surface area contributed by atoms with Crippen molar-refractivity contribution in [2.75, 3.05) is 5.32 Å². The van der Waals surface area contributed by atoms with Crippen molar-refractivity contribution in [1.29, 1.82) is 0 Å². The molecule has 0 aliphatic carbocycles. The first-order valence-corrected chi connectivity index (χ1v) is 6.59. The first kappa shape index (κ1) is 13.1. The normalized spacial score (nSPS) is 10.7. The van der Waals surface area contributed by atoms with Crippen molar-refractivity contribution >= 4 is 22.8 Å². The van der Waals surface area contributed by atoms with Crippen LogP contribution in [-0.4, -0.2) is 26.0 Å². The number of aryl methyl sites for hydroxylation is 1. The number of anilines is 1. The maximum absolute atomic E-state index is 11.9. The summed E-state index contributed by atoms with van der Waals surface area (Å²) in [5, 5.41) is 12.1. The number of hydrogen-bond donors (Lipinski definition) is 3. The van der Waals surface area contributed by atoms with Crippen molar-refractivity contribution in [3.05, 3.63) is 48.4 Å². The van der Waals surface area contributed by atoms with E-state index in [1.165, 1.54) is 6.07 Å². The van der Waals surface area contributed by atoms with Gasteiger partial charge in [-0.1, -0.05) is 6.07 Å². The molecular weight excluding hydrogens is 268 g/mol. The Hall–Kier alpha value is -2.89. The molecule has 0 fully saturated rings. The Balaban J connectivity index is 1.60. The number of carbonyl (C=O) groups excluding carboxylic acids is 1. The number of fused-ring (bicyclic) bond motifs is 1. The van der Waals surface area contributed by atoms with Crippen molar-refractivity contribution in [3.63, 3.8) is 0 Å². The minimum Gasteiger partial charge on any atom is -0.508 e. The number of benzene rings is 1. The lowest BCUT2D eigenvalue weighted by Gasteiger charge is -2.04. The Morgan fingerprint density at radius 3 is 3.00 bits per heavy atom. The van der Waals surface area contributed by atoms with Crippen LogP contribution in [0.4, 0.5) is 5.69 Å². The summed E-state index contributed by atoms with van der Waals surface area (Å²) in [6, 6.07) is 10.2. The number of aromatic nitrogens is 3. The quantitative estimate of drug-likeness (QED) is 0.684. The van der Waals surface area contributed by atoms with E-state index in [0.717, 1.165) is 11.3 Å². The summed E-state index contributed by atoms with van der Waals surface area (Å²) in [6.45, 7) is 0. The fourth-order valence-corrected chi connectivity index (χ4v) is 2.05. The fraction of sp³-hybridized carbons (Fsp3) is 0.133. The number of aromatic amines is 1. The second-order valence-electron chi connectivity index (χ2n) is 4.66. The standard InChI is InChI=1S/C15H14N4O2/c20-11-4-1-3-10(9-11)17-14(21)7-6-13-18-12-5-2-8-16-15(12)19-13/h1-5,8-9,20H,6-7H2,(H,17,21)(H,16,18,19). The molecule has 0 saturated carbocycles. The highest BCUT2D eigenvalue weighted by Crippen LogP contribution is 2.16. The summed E-state index contributed by atoms with van der Waals surface area (Å²) in [5.41, 5.74) is 2.09. The van der Waals surface area contributed by atoms with Gasteiger partial charge in [0.05, 0.1) is 5.52 Å². The van der Waals surface area contributed by atoms with Crippen LogP contribution in [0.1, 0.15) is 12.2 Å².